The molecule has 0 heterocycles. The first kappa shape index (κ1) is 9.63. The largest absolute Gasteiger partial charge is 0.395 e. The molecule has 60 valence electrons. The second-order valence-electron chi connectivity index (χ2n) is 2.15. The summed E-state index contributed by atoms with van der Waals surface area (Å²) in [7, 11) is 0. The SMILES string of the molecule is CC(C#N)CCC(=O)OC=O. The lowest BCUT2D eigenvalue weighted by atomic mass is 10.1. The maximum Gasteiger partial charge on any atom is 0.313 e. The highest BCUT2D eigenvalue weighted by molar-refractivity contribution is 5.76. The van der Waals surface area contributed by atoms with E-state index >= 15 is 0 Å². The number of carbonyl (C=O) groups excluding carboxylic acids is 2. The van der Waals surface area contributed by atoms with Crippen LogP contribution in [0.5, 0.6) is 0 Å². The lowest BCUT2D eigenvalue weighted by Crippen LogP contribution is -2.04. The van der Waals surface area contributed by atoms with E-state index in [1.165, 1.54) is 0 Å². The van der Waals surface area contributed by atoms with Crippen LogP contribution in [0, 0.1) is 17.2 Å². The van der Waals surface area contributed by atoms with Gasteiger partial charge in [-0.15, -0.1) is 0 Å². The molecule has 0 aliphatic heterocycles. The predicted molar refractivity (Wildman–Crippen MR) is 36.2 cm³/mol. The first-order valence-corrected chi connectivity index (χ1v) is 3.23. The first-order valence-electron chi connectivity index (χ1n) is 3.23. The number of rotatable bonds is 4. The first-order chi connectivity index (χ1) is 5.20. The molecule has 4 nitrogen and oxygen atoms in total. The van der Waals surface area contributed by atoms with Gasteiger partial charge in [0.2, 0.25) is 0 Å². The Morgan fingerprint density at radius 2 is 2.45 bits per heavy atom. The minimum absolute atomic E-state index is 0.0966. The summed E-state index contributed by atoms with van der Waals surface area (Å²) in [4.78, 5) is 20.1. The minimum atomic E-state index is -0.581. The zero-order valence-corrected chi connectivity index (χ0v) is 6.24. The fourth-order valence-corrected chi connectivity index (χ4v) is 0.511. The van der Waals surface area contributed by atoms with Gasteiger partial charge in [0, 0.05) is 12.3 Å². The van der Waals surface area contributed by atoms with Crippen molar-refractivity contribution in [2.45, 2.75) is 19.8 Å². The predicted octanol–water partition coefficient (Wildman–Crippen LogP) is 0.626. The number of esters is 1. The van der Waals surface area contributed by atoms with E-state index in [-0.39, 0.29) is 18.8 Å². The van der Waals surface area contributed by atoms with Crippen molar-refractivity contribution in [1.82, 2.24) is 0 Å². The van der Waals surface area contributed by atoms with Crippen molar-refractivity contribution in [2.24, 2.45) is 5.92 Å². The molecule has 0 aromatic rings. The van der Waals surface area contributed by atoms with E-state index in [1.54, 1.807) is 6.92 Å². The Balaban J connectivity index is 3.47. The smallest absolute Gasteiger partial charge is 0.313 e. The maximum atomic E-state index is 10.5. The molecule has 0 aromatic heterocycles. The maximum absolute atomic E-state index is 10.5. The number of ether oxygens (including phenoxy) is 1. The Bertz CT molecular complexity index is 183. The van der Waals surface area contributed by atoms with Crippen LogP contribution in [0.1, 0.15) is 19.8 Å². The van der Waals surface area contributed by atoms with Crippen LogP contribution in [0.25, 0.3) is 0 Å². The van der Waals surface area contributed by atoms with Crippen LogP contribution >= 0.6 is 0 Å². The van der Waals surface area contributed by atoms with Gasteiger partial charge in [-0.25, -0.2) is 0 Å². The molecule has 0 fully saturated rings. The molecule has 4 heteroatoms. The van der Waals surface area contributed by atoms with Crippen molar-refractivity contribution < 1.29 is 14.3 Å². The third-order valence-electron chi connectivity index (χ3n) is 1.18. The summed E-state index contributed by atoms with van der Waals surface area (Å²) in [6.45, 7) is 1.80. The van der Waals surface area contributed by atoms with Gasteiger partial charge >= 0.3 is 12.4 Å². The summed E-state index contributed by atoms with van der Waals surface area (Å²) in [6, 6.07) is 1.97. The van der Waals surface area contributed by atoms with Crippen LogP contribution in [-0.2, 0) is 14.3 Å². The zero-order valence-electron chi connectivity index (χ0n) is 6.24. The van der Waals surface area contributed by atoms with Gasteiger partial charge < -0.3 is 4.74 Å². The third kappa shape index (κ3) is 5.09. The van der Waals surface area contributed by atoms with E-state index in [1.807, 2.05) is 6.07 Å². The Kier molecular flexibility index (Phi) is 4.74. The summed E-state index contributed by atoms with van der Waals surface area (Å²) in [5.41, 5.74) is 0. The van der Waals surface area contributed by atoms with E-state index in [2.05, 4.69) is 4.74 Å². The molecule has 0 aliphatic carbocycles. The molecule has 0 rings (SSSR count). The second kappa shape index (κ2) is 5.42. The summed E-state index contributed by atoms with van der Waals surface area (Å²) in [6.07, 6.45) is 0.552. The van der Waals surface area contributed by atoms with Gasteiger partial charge in [-0.3, -0.25) is 9.59 Å². The number of hydrogen-bond donors (Lipinski definition) is 0. The highest BCUT2D eigenvalue weighted by atomic mass is 16.6. The molecular formula is C7H9NO3. The highest BCUT2D eigenvalue weighted by Crippen LogP contribution is 2.03. The Hall–Kier alpha value is -1.37. The number of carbonyl (C=O) groups is 2. The van der Waals surface area contributed by atoms with Crippen molar-refractivity contribution in [3.8, 4) is 6.07 Å². The molecule has 11 heavy (non-hydrogen) atoms. The van der Waals surface area contributed by atoms with Crippen LogP contribution in [0.3, 0.4) is 0 Å². The summed E-state index contributed by atoms with van der Waals surface area (Å²) >= 11 is 0. The highest BCUT2D eigenvalue weighted by Gasteiger charge is 2.05. The van der Waals surface area contributed by atoms with Crippen molar-refractivity contribution in [2.75, 3.05) is 0 Å². The van der Waals surface area contributed by atoms with Gasteiger partial charge in [-0.2, -0.15) is 5.26 Å². The molecule has 1 atom stereocenters. The van der Waals surface area contributed by atoms with E-state index < -0.39 is 5.97 Å². The van der Waals surface area contributed by atoms with Crippen LogP contribution in [-0.4, -0.2) is 12.4 Å². The fourth-order valence-electron chi connectivity index (χ4n) is 0.511. The molecular weight excluding hydrogens is 146 g/mol. The summed E-state index contributed by atoms with van der Waals surface area (Å²) < 4.78 is 4.01. The normalized spacial score (nSPS) is 11.3. The van der Waals surface area contributed by atoms with E-state index in [4.69, 9.17) is 5.26 Å². The van der Waals surface area contributed by atoms with Crippen LogP contribution in [0.2, 0.25) is 0 Å². The molecule has 0 saturated carbocycles. The lowest BCUT2D eigenvalue weighted by Gasteiger charge is -1.98. The standard InChI is InChI=1S/C7H9NO3/c1-6(4-8)2-3-7(10)11-5-9/h5-6H,2-3H2,1H3. The summed E-state index contributed by atoms with van der Waals surface area (Å²) in [5.74, 6) is -0.753. The third-order valence-corrected chi connectivity index (χ3v) is 1.18. The quantitative estimate of drug-likeness (QED) is 0.339. The van der Waals surface area contributed by atoms with Gasteiger partial charge in [0.25, 0.3) is 0 Å². The van der Waals surface area contributed by atoms with Crippen LogP contribution < -0.4 is 0 Å². The van der Waals surface area contributed by atoms with Gasteiger partial charge in [-0.1, -0.05) is 0 Å². The second-order valence-corrected chi connectivity index (χ2v) is 2.15. The molecule has 0 amide bonds. The summed E-state index contributed by atoms with van der Waals surface area (Å²) in [5, 5.41) is 8.31. The van der Waals surface area contributed by atoms with Crippen molar-refractivity contribution in [3.05, 3.63) is 0 Å². The molecule has 0 saturated heterocycles. The monoisotopic (exact) mass is 155 g/mol. The van der Waals surface area contributed by atoms with Crippen LogP contribution in [0.15, 0.2) is 0 Å². The lowest BCUT2D eigenvalue weighted by molar-refractivity contribution is -0.151. The Labute approximate surface area is 64.8 Å². The number of nitriles is 1. The molecule has 1 unspecified atom stereocenters. The number of hydrogen-bond acceptors (Lipinski definition) is 4. The zero-order chi connectivity index (χ0) is 8.69. The van der Waals surface area contributed by atoms with Crippen molar-refractivity contribution in [1.29, 1.82) is 5.26 Å². The van der Waals surface area contributed by atoms with E-state index in [9.17, 15) is 9.59 Å². The van der Waals surface area contributed by atoms with Gasteiger partial charge in [0.1, 0.15) is 0 Å². The molecule has 0 N–H and O–H groups in total. The average Bonchev–Trinajstić information content (AvgIpc) is 2.01. The molecule has 0 spiro atoms. The van der Waals surface area contributed by atoms with E-state index in [0.29, 0.717) is 6.42 Å². The van der Waals surface area contributed by atoms with Gasteiger partial charge in [0.05, 0.1) is 6.07 Å². The Morgan fingerprint density at radius 1 is 1.82 bits per heavy atom. The van der Waals surface area contributed by atoms with Gasteiger partial charge in [0.15, 0.2) is 0 Å². The number of nitrogens with zero attached hydrogens (tertiary/aromatic N) is 1. The van der Waals surface area contributed by atoms with Crippen LogP contribution in [0.4, 0.5) is 0 Å². The molecule has 0 aliphatic rings. The van der Waals surface area contributed by atoms with Crippen molar-refractivity contribution >= 4 is 12.4 Å². The molecule has 0 aromatic carbocycles. The average molecular weight is 155 g/mol. The topological polar surface area (TPSA) is 67.2 Å². The molecule has 0 radical (unpaired) electrons. The Morgan fingerprint density at radius 3 is 2.91 bits per heavy atom. The molecule has 0 bridgehead atoms. The van der Waals surface area contributed by atoms with E-state index in [0.717, 1.165) is 0 Å². The minimum Gasteiger partial charge on any atom is -0.395 e. The fraction of sp³-hybridized carbons (Fsp3) is 0.571. The van der Waals surface area contributed by atoms with Crippen molar-refractivity contribution in [3.63, 3.8) is 0 Å². The van der Waals surface area contributed by atoms with Gasteiger partial charge in [-0.05, 0) is 13.3 Å².